The van der Waals surface area contributed by atoms with Crippen LogP contribution in [0.3, 0.4) is 0 Å². The van der Waals surface area contributed by atoms with Crippen LogP contribution in [0.2, 0.25) is 15.1 Å². The zero-order valence-electron chi connectivity index (χ0n) is 16.7. The molecule has 2 aromatic rings. The molecule has 1 N–H and O–H groups in total. The number of hydrogen-bond donors (Lipinski definition) is 1. The van der Waals surface area contributed by atoms with Crippen LogP contribution in [-0.2, 0) is 22.6 Å². The molecule has 156 valence electrons. The molecule has 2 atom stereocenters. The first-order chi connectivity index (χ1) is 13.7. The van der Waals surface area contributed by atoms with Gasteiger partial charge in [-0.2, -0.15) is 0 Å². The van der Waals surface area contributed by atoms with Crippen molar-refractivity contribution in [3.63, 3.8) is 0 Å². The molecule has 0 bridgehead atoms. The average molecular weight is 456 g/mol. The normalized spacial score (nSPS) is 12.9. The maximum absolute atomic E-state index is 13.1. The third kappa shape index (κ3) is 6.91. The van der Waals surface area contributed by atoms with Gasteiger partial charge in [0.2, 0.25) is 11.8 Å². The minimum atomic E-state index is -0.630. The van der Waals surface area contributed by atoms with Crippen molar-refractivity contribution in [2.24, 2.45) is 0 Å². The smallest absolute Gasteiger partial charge is 0.242 e. The molecule has 2 rings (SSSR count). The van der Waals surface area contributed by atoms with E-state index >= 15 is 0 Å². The molecular formula is C22H25Cl3N2O2. The maximum Gasteiger partial charge on any atom is 0.242 e. The number of nitrogens with one attached hydrogen (secondary N) is 1. The summed E-state index contributed by atoms with van der Waals surface area (Å²) in [7, 11) is 0. The predicted octanol–water partition coefficient (Wildman–Crippen LogP) is 5.52. The first-order valence-corrected chi connectivity index (χ1v) is 10.6. The van der Waals surface area contributed by atoms with E-state index in [9.17, 15) is 9.59 Å². The molecule has 0 aromatic heterocycles. The number of benzene rings is 2. The number of halogens is 3. The summed E-state index contributed by atoms with van der Waals surface area (Å²) < 4.78 is 0. The number of carbonyl (C=O) groups excluding carboxylic acids is 2. The number of rotatable bonds is 8. The minimum Gasteiger partial charge on any atom is -0.352 e. The van der Waals surface area contributed by atoms with Gasteiger partial charge >= 0.3 is 0 Å². The van der Waals surface area contributed by atoms with Crippen LogP contribution in [-0.4, -0.2) is 28.8 Å². The molecule has 0 heterocycles. The fraction of sp³-hybridized carbons (Fsp3) is 0.364. The average Bonchev–Trinajstić information content (AvgIpc) is 2.69. The monoisotopic (exact) mass is 454 g/mol. The van der Waals surface area contributed by atoms with Gasteiger partial charge in [0.25, 0.3) is 0 Å². The van der Waals surface area contributed by atoms with Gasteiger partial charge in [0.05, 0.1) is 16.5 Å². The van der Waals surface area contributed by atoms with Gasteiger partial charge in [0, 0.05) is 17.6 Å². The summed E-state index contributed by atoms with van der Waals surface area (Å²) in [5, 5.41) is 4.39. The van der Waals surface area contributed by atoms with Crippen LogP contribution in [0.4, 0.5) is 0 Å². The summed E-state index contributed by atoms with van der Waals surface area (Å²) in [5.41, 5.74) is 1.63. The minimum absolute atomic E-state index is 0.0347. The largest absolute Gasteiger partial charge is 0.352 e. The number of amides is 2. The van der Waals surface area contributed by atoms with Gasteiger partial charge in [0.15, 0.2) is 0 Å². The molecule has 29 heavy (non-hydrogen) atoms. The molecule has 7 heteroatoms. The highest BCUT2D eigenvalue weighted by Gasteiger charge is 2.27. The van der Waals surface area contributed by atoms with Crippen molar-refractivity contribution in [1.29, 1.82) is 0 Å². The lowest BCUT2D eigenvalue weighted by molar-refractivity contribution is -0.140. The third-order valence-corrected chi connectivity index (χ3v) is 5.76. The van der Waals surface area contributed by atoms with Crippen molar-refractivity contribution in [3.05, 3.63) is 68.7 Å². The summed E-state index contributed by atoms with van der Waals surface area (Å²) in [6, 6.07) is 11.7. The van der Waals surface area contributed by atoms with E-state index in [-0.39, 0.29) is 24.3 Å². The molecule has 0 fully saturated rings. The molecule has 0 saturated heterocycles. The van der Waals surface area contributed by atoms with E-state index in [0.29, 0.717) is 21.6 Å². The van der Waals surface area contributed by atoms with Gasteiger partial charge in [-0.15, -0.1) is 0 Å². The highest BCUT2D eigenvalue weighted by Crippen LogP contribution is 2.23. The molecule has 0 spiro atoms. The maximum atomic E-state index is 13.1. The molecule has 2 amide bonds. The summed E-state index contributed by atoms with van der Waals surface area (Å²) in [6.07, 6.45) is 0.929. The van der Waals surface area contributed by atoms with Crippen molar-refractivity contribution < 1.29 is 9.59 Å². The topological polar surface area (TPSA) is 49.4 Å². The van der Waals surface area contributed by atoms with Crippen LogP contribution in [0.1, 0.15) is 38.3 Å². The van der Waals surface area contributed by atoms with Gasteiger partial charge in [-0.3, -0.25) is 9.59 Å². The number of carbonyl (C=O) groups is 2. The number of hydrogen-bond acceptors (Lipinski definition) is 2. The van der Waals surface area contributed by atoms with E-state index in [4.69, 9.17) is 34.8 Å². The van der Waals surface area contributed by atoms with Crippen LogP contribution in [0.25, 0.3) is 0 Å². The van der Waals surface area contributed by atoms with E-state index in [1.165, 1.54) is 0 Å². The van der Waals surface area contributed by atoms with Gasteiger partial charge in [-0.1, -0.05) is 59.9 Å². The Morgan fingerprint density at radius 1 is 0.966 bits per heavy atom. The van der Waals surface area contributed by atoms with Crippen molar-refractivity contribution in [3.8, 4) is 0 Å². The van der Waals surface area contributed by atoms with Gasteiger partial charge in [-0.05, 0) is 55.7 Å². The van der Waals surface area contributed by atoms with Crippen LogP contribution < -0.4 is 5.32 Å². The second-order valence-electron chi connectivity index (χ2n) is 7.07. The molecule has 0 aliphatic rings. The summed E-state index contributed by atoms with van der Waals surface area (Å²) in [5.74, 6) is -0.360. The van der Waals surface area contributed by atoms with Crippen molar-refractivity contribution in [2.45, 2.75) is 52.2 Å². The summed E-state index contributed by atoms with van der Waals surface area (Å²) in [4.78, 5) is 27.4. The van der Waals surface area contributed by atoms with E-state index in [0.717, 1.165) is 17.5 Å². The van der Waals surface area contributed by atoms with Crippen molar-refractivity contribution >= 4 is 46.6 Å². The van der Waals surface area contributed by atoms with E-state index < -0.39 is 6.04 Å². The van der Waals surface area contributed by atoms with E-state index in [1.54, 1.807) is 42.2 Å². The van der Waals surface area contributed by atoms with Crippen LogP contribution >= 0.6 is 34.8 Å². The molecule has 0 aliphatic carbocycles. The molecule has 0 aliphatic heterocycles. The first kappa shape index (κ1) is 23.5. The van der Waals surface area contributed by atoms with Crippen LogP contribution in [0, 0.1) is 0 Å². The fourth-order valence-electron chi connectivity index (χ4n) is 2.76. The predicted molar refractivity (Wildman–Crippen MR) is 120 cm³/mol. The fourth-order valence-corrected chi connectivity index (χ4v) is 3.21. The lowest BCUT2D eigenvalue weighted by atomic mass is 10.1. The van der Waals surface area contributed by atoms with Gasteiger partial charge in [-0.25, -0.2) is 0 Å². The van der Waals surface area contributed by atoms with E-state index in [1.807, 2.05) is 26.0 Å². The Balaban J connectivity index is 2.23. The second kappa shape index (κ2) is 10.9. The Morgan fingerprint density at radius 2 is 1.59 bits per heavy atom. The Hall–Kier alpha value is -1.75. The standard InChI is InChI=1S/C22H25Cl3N2O2/c1-4-14(2)26-22(29)15(3)27(13-16-5-8-18(23)9-6-16)21(28)12-17-7-10-19(24)20(25)11-17/h5-11,14-15H,4,12-13H2,1-3H3,(H,26,29)/t14-,15-/m1/s1. The van der Waals surface area contributed by atoms with Crippen LogP contribution in [0.15, 0.2) is 42.5 Å². The Labute approximate surface area is 187 Å². The summed E-state index contributed by atoms with van der Waals surface area (Å²) in [6.45, 7) is 5.97. The number of nitrogens with zero attached hydrogens (tertiary/aromatic N) is 1. The molecule has 0 radical (unpaired) electrons. The van der Waals surface area contributed by atoms with Gasteiger partial charge in [0.1, 0.15) is 6.04 Å². The highest BCUT2D eigenvalue weighted by molar-refractivity contribution is 6.42. The first-order valence-electron chi connectivity index (χ1n) is 9.49. The highest BCUT2D eigenvalue weighted by atomic mass is 35.5. The molecule has 2 aromatic carbocycles. The van der Waals surface area contributed by atoms with Crippen molar-refractivity contribution in [1.82, 2.24) is 10.2 Å². The van der Waals surface area contributed by atoms with E-state index in [2.05, 4.69) is 5.32 Å². The lowest BCUT2D eigenvalue weighted by Crippen LogP contribution is -2.49. The molecule has 4 nitrogen and oxygen atoms in total. The zero-order chi connectivity index (χ0) is 21.6. The molecule has 0 unspecified atom stereocenters. The Bertz CT molecular complexity index is 856. The summed E-state index contributed by atoms with van der Waals surface area (Å²) >= 11 is 18.0. The lowest BCUT2D eigenvalue weighted by Gasteiger charge is -2.30. The molecular weight excluding hydrogens is 431 g/mol. The Kier molecular flexibility index (Phi) is 8.81. The second-order valence-corrected chi connectivity index (χ2v) is 8.32. The van der Waals surface area contributed by atoms with Crippen LogP contribution in [0.5, 0.6) is 0 Å². The molecule has 0 saturated carbocycles. The van der Waals surface area contributed by atoms with Gasteiger partial charge < -0.3 is 10.2 Å². The quantitative estimate of drug-likeness (QED) is 0.569. The third-order valence-electron chi connectivity index (χ3n) is 4.77. The Morgan fingerprint density at radius 3 is 2.17 bits per heavy atom. The zero-order valence-corrected chi connectivity index (χ0v) is 19.0. The van der Waals surface area contributed by atoms with Crippen molar-refractivity contribution in [2.75, 3.05) is 0 Å². The SMILES string of the molecule is CC[C@@H](C)NC(=O)[C@@H](C)N(Cc1ccc(Cl)cc1)C(=O)Cc1ccc(Cl)c(Cl)c1.